The van der Waals surface area contributed by atoms with Gasteiger partial charge in [-0.05, 0) is 64.3 Å². The Balaban J connectivity index is 1.33. The van der Waals surface area contributed by atoms with E-state index in [4.69, 9.17) is 9.47 Å². The molecule has 0 aliphatic carbocycles. The van der Waals surface area contributed by atoms with Crippen LogP contribution in [0.4, 0.5) is 5.69 Å². The van der Waals surface area contributed by atoms with Crippen LogP contribution in [-0.2, 0) is 6.42 Å². The predicted octanol–water partition coefficient (Wildman–Crippen LogP) is 4.38. The molecule has 0 N–H and O–H groups in total. The molecule has 0 radical (unpaired) electrons. The van der Waals surface area contributed by atoms with Gasteiger partial charge in [-0.25, -0.2) is 0 Å². The van der Waals surface area contributed by atoms with Crippen LogP contribution in [0.3, 0.4) is 0 Å². The number of aromatic nitrogens is 1. The number of rotatable bonds is 6. The minimum Gasteiger partial charge on any atom is -0.497 e. The number of benzene rings is 2. The molecule has 3 aromatic rings. The van der Waals surface area contributed by atoms with Crippen LogP contribution in [0.1, 0.15) is 5.56 Å². The van der Waals surface area contributed by atoms with Crippen LogP contribution in [-0.4, -0.2) is 56.8 Å². The first kappa shape index (κ1) is 20.0. The van der Waals surface area contributed by atoms with E-state index in [-0.39, 0.29) is 0 Å². The zero-order valence-electron chi connectivity index (χ0n) is 16.9. The normalized spacial score (nSPS) is 14.9. The van der Waals surface area contributed by atoms with Gasteiger partial charge in [0.25, 0.3) is 0 Å². The van der Waals surface area contributed by atoms with Crippen molar-refractivity contribution in [3.63, 3.8) is 0 Å². The third-order valence-corrected chi connectivity index (χ3v) is 6.19. The maximum Gasteiger partial charge on any atom is 0.135 e. The van der Waals surface area contributed by atoms with Gasteiger partial charge >= 0.3 is 0 Å². The molecule has 152 valence electrons. The first-order valence-electron chi connectivity index (χ1n) is 9.90. The Hall–Kier alpha value is -2.31. The highest BCUT2D eigenvalue weighted by Crippen LogP contribution is 2.30. The van der Waals surface area contributed by atoms with Gasteiger partial charge in [0.1, 0.15) is 11.5 Å². The van der Waals surface area contributed by atoms with Crippen molar-refractivity contribution in [1.82, 2.24) is 9.88 Å². The van der Waals surface area contributed by atoms with E-state index in [0.717, 1.165) is 66.0 Å². The molecule has 5 nitrogen and oxygen atoms in total. The van der Waals surface area contributed by atoms with Crippen LogP contribution in [0.15, 0.2) is 53.1 Å². The van der Waals surface area contributed by atoms with E-state index in [2.05, 4.69) is 61.0 Å². The quantitative estimate of drug-likeness (QED) is 0.551. The summed E-state index contributed by atoms with van der Waals surface area (Å²) in [4.78, 5) is 9.55. The number of ether oxygens (including phenoxy) is 2. The number of hydrogen-bond donors (Lipinski definition) is 0. The van der Waals surface area contributed by atoms with Crippen molar-refractivity contribution in [2.75, 3.05) is 51.8 Å². The fourth-order valence-electron chi connectivity index (χ4n) is 3.78. The van der Waals surface area contributed by atoms with Gasteiger partial charge in [-0.15, -0.1) is 0 Å². The molecule has 2 aromatic carbocycles. The fraction of sp³-hybridized carbons (Fsp3) is 0.348. The molecule has 1 aromatic heterocycles. The lowest BCUT2D eigenvalue weighted by Crippen LogP contribution is -2.47. The molecular weight excluding hydrogens is 430 g/mol. The molecule has 4 rings (SSSR count). The van der Waals surface area contributed by atoms with E-state index < -0.39 is 0 Å². The third kappa shape index (κ3) is 4.65. The fourth-order valence-corrected chi connectivity index (χ4v) is 4.19. The highest BCUT2D eigenvalue weighted by atomic mass is 79.9. The lowest BCUT2D eigenvalue weighted by atomic mass is 10.1. The molecule has 0 saturated carbocycles. The molecule has 1 aliphatic rings. The summed E-state index contributed by atoms with van der Waals surface area (Å²) in [5.41, 5.74) is 3.50. The van der Waals surface area contributed by atoms with Crippen molar-refractivity contribution in [1.29, 1.82) is 0 Å². The highest BCUT2D eigenvalue weighted by molar-refractivity contribution is 9.10. The Morgan fingerprint density at radius 3 is 2.55 bits per heavy atom. The first-order chi connectivity index (χ1) is 14.2. The number of nitrogens with zero attached hydrogens (tertiary/aromatic N) is 3. The lowest BCUT2D eigenvalue weighted by molar-refractivity contribution is 0.261. The number of piperazine rings is 1. The van der Waals surface area contributed by atoms with E-state index in [1.807, 2.05) is 18.3 Å². The van der Waals surface area contributed by atoms with Gasteiger partial charge < -0.3 is 14.4 Å². The Labute approximate surface area is 180 Å². The molecule has 1 saturated heterocycles. The van der Waals surface area contributed by atoms with Gasteiger partial charge in [0.2, 0.25) is 0 Å². The monoisotopic (exact) mass is 455 g/mol. The van der Waals surface area contributed by atoms with E-state index in [0.29, 0.717) is 0 Å². The molecule has 0 unspecified atom stereocenters. The molecular formula is C23H26BrN3O2. The van der Waals surface area contributed by atoms with Gasteiger partial charge in [0.05, 0.1) is 24.2 Å². The van der Waals surface area contributed by atoms with Crippen molar-refractivity contribution in [2.45, 2.75) is 6.42 Å². The van der Waals surface area contributed by atoms with Crippen molar-refractivity contribution in [3.05, 3.63) is 58.7 Å². The molecule has 2 heterocycles. The maximum absolute atomic E-state index is 5.43. The number of methoxy groups -OCH3 is 2. The zero-order chi connectivity index (χ0) is 20.2. The van der Waals surface area contributed by atoms with Gasteiger partial charge in [-0.3, -0.25) is 9.88 Å². The molecule has 29 heavy (non-hydrogen) atoms. The standard InChI is InChI=1S/C23H26BrN3O2/c1-28-20-4-6-22-18(14-20)13-17(16-25-22)7-8-26-9-11-27(12-10-26)19-3-5-21(24)23(15-19)29-2/h3-6,13-16H,7-12H2,1-2H3. The van der Waals surface area contributed by atoms with Crippen LogP contribution in [0, 0.1) is 0 Å². The molecule has 0 bridgehead atoms. The lowest BCUT2D eigenvalue weighted by Gasteiger charge is -2.36. The number of hydrogen-bond acceptors (Lipinski definition) is 5. The Morgan fingerprint density at radius 1 is 0.966 bits per heavy atom. The minimum atomic E-state index is 0.872. The number of anilines is 1. The van der Waals surface area contributed by atoms with Crippen LogP contribution in [0.25, 0.3) is 10.9 Å². The van der Waals surface area contributed by atoms with Gasteiger partial charge in [0.15, 0.2) is 0 Å². The van der Waals surface area contributed by atoms with E-state index in [1.165, 1.54) is 11.3 Å². The largest absolute Gasteiger partial charge is 0.497 e. The third-order valence-electron chi connectivity index (χ3n) is 5.53. The minimum absolute atomic E-state index is 0.872. The molecule has 0 spiro atoms. The number of fused-ring (bicyclic) bond motifs is 1. The van der Waals surface area contributed by atoms with E-state index >= 15 is 0 Å². The summed E-state index contributed by atoms with van der Waals surface area (Å²) in [6.45, 7) is 5.23. The summed E-state index contributed by atoms with van der Waals surface area (Å²) in [5, 5.41) is 1.14. The van der Waals surface area contributed by atoms with Crippen molar-refractivity contribution in [2.24, 2.45) is 0 Å². The average Bonchev–Trinajstić information content (AvgIpc) is 2.78. The summed E-state index contributed by atoms with van der Waals surface area (Å²) in [6.07, 6.45) is 3.01. The van der Waals surface area contributed by atoms with E-state index in [1.54, 1.807) is 14.2 Å². The van der Waals surface area contributed by atoms with Crippen molar-refractivity contribution >= 4 is 32.5 Å². The predicted molar refractivity (Wildman–Crippen MR) is 121 cm³/mol. The van der Waals surface area contributed by atoms with Gasteiger partial charge in [-0.2, -0.15) is 0 Å². The van der Waals surface area contributed by atoms with Crippen LogP contribution < -0.4 is 14.4 Å². The first-order valence-corrected chi connectivity index (χ1v) is 10.7. The average molecular weight is 456 g/mol. The second-order valence-electron chi connectivity index (χ2n) is 7.30. The highest BCUT2D eigenvalue weighted by Gasteiger charge is 2.18. The summed E-state index contributed by atoms with van der Waals surface area (Å²) in [5.74, 6) is 1.75. The zero-order valence-corrected chi connectivity index (χ0v) is 18.5. The van der Waals surface area contributed by atoms with Crippen molar-refractivity contribution in [3.8, 4) is 11.5 Å². The van der Waals surface area contributed by atoms with Gasteiger partial charge in [-0.1, -0.05) is 0 Å². The summed E-state index contributed by atoms with van der Waals surface area (Å²) in [7, 11) is 3.40. The van der Waals surface area contributed by atoms with Crippen LogP contribution in [0.2, 0.25) is 0 Å². The maximum atomic E-state index is 5.43. The Kier molecular flexibility index (Phi) is 6.21. The molecule has 0 amide bonds. The molecule has 1 aliphatic heterocycles. The van der Waals surface area contributed by atoms with Gasteiger partial charge in [0, 0.05) is 56.1 Å². The second-order valence-corrected chi connectivity index (χ2v) is 8.15. The summed E-state index contributed by atoms with van der Waals surface area (Å²) < 4.78 is 11.8. The van der Waals surface area contributed by atoms with Crippen LogP contribution in [0.5, 0.6) is 11.5 Å². The Bertz CT molecular complexity index is 987. The van der Waals surface area contributed by atoms with Crippen LogP contribution >= 0.6 is 15.9 Å². The molecule has 1 fully saturated rings. The number of pyridine rings is 1. The van der Waals surface area contributed by atoms with E-state index in [9.17, 15) is 0 Å². The number of halogens is 1. The SMILES string of the molecule is COc1ccc2ncc(CCN3CCN(c4ccc(Br)c(OC)c4)CC3)cc2c1. The summed E-state index contributed by atoms with van der Waals surface area (Å²) >= 11 is 3.53. The molecule has 6 heteroatoms. The van der Waals surface area contributed by atoms with Crippen molar-refractivity contribution < 1.29 is 9.47 Å². The Morgan fingerprint density at radius 2 is 1.79 bits per heavy atom. The smallest absolute Gasteiger partial charge is 0.135 e. The summed E-state index contributed by atoms with van der Waals surface area (Å²) in [6, 6.07) is 14.6. The topological polar surface area (TPSA) is 37.8 Å². The second kappa shape index (κ2) is 9.01. The molecule has 0 atom stereocenters.